The number of rotatable bonds is 2. The molecule has 0 bridgehead atoms. The lowest BCUT2D eigenvalue weighted by molar-refractivity contribution is -0.157. The number of halogens is 2. The Balaban J connectivity index is 1.79. The second kappa shape index (κ2) is 5.09. The number of carbonyl (C=O) groups is 2. The molecule has 1 fully saturated rings. The lowest BCUT2D eigenvalue weighted by Gasteiger charge is -2.38. The van der Waals surface area contributed by atoms with Crippen LogP contribution in [0.15, 0.2) is 12.1 Å². The zero-order chi connectivity index (χ0) is 15.1. The predicted molar refractivity (Wildman–Crippen MR) is 69.3 cm³/mol. The van der Waals surface area contributed by atoms with E-state index < -0.39 is 29.4 Å². The van der Waals surface area contributed by atoms with Crippen molar-refractivity contribution in [1.82, 2.24) is 4.90 Å². The average Bonchev–Trinajstić information content (AvgIpc) is 2.40. The van der Waals surface area contributed by atoms with E-state index >= 15 is 0 Å². The summed E-state index contributed by atoms with van der Waals surface area (Å²) in [5.41, 5.74) is 0.531. The van der Waals surface area contributed by atoms with E-state index in [4.69, 9.17) is 5.11 Å². The van der Waals surface area contributed by atoms with Crippen LogP contribution < -0.4 is 0 Å². The maximum atomic E-state index is 13.8. The fraction of sp³-hybridized carbons (Fsp3) is 0.467. The number of aliphatic carboxylic acids is 1. The molecule has 2 aliphatic rings. The monoisotopic (exact) mass is 295 g/mol. The normalized spacial score (nSPS) is 24.2. The SMILES string of the molecule is O=C(O)C1CCC1C(=O)N1CCc2c(F)ccc(F)c2C1. The number of carboxylic acid groups (broad SMARTS) is 1. The molecule has 2 atom stereocenters. The summed E-state index contributed by atoms with van der Waals surface area (Å²) in [6.45, 7) is 0.315. The van der Waals surface area contributed by atoms with Crippen LogP contribution in [0.5, 0.6) is 0 Å². The predicted octanol–water partition coefficient (Wildman–Crippen LogP) is 1.96. The molecule has 1 aliphatic heterocycles. The number of carbonyl (C=O) groups excluding carboxylic acids is 1. The molecule has 112 valence electrons. The molecule has 1 N–H and O–H groups in total. The lowest BCUT2D eigenvalue weighted by Crippen LogP contribution is -2.47. The third kappa shape index (κ3) is 2.28. The third-order valence-corrected chi connectivity index (χ3v) is 4.52. The molecule has 6 heteroatoms. The maximum absolute atomic E-state index is 13.8. The number of amides is 1. The van der Waals surface area contributed by atoms with Gasteiger partial charge in [0.05, 0.1) is 11.8 Å². The van der Waals surface area contributed by atoms with Crippen LogP contribution in [0.3, 0.4) is 0 Å². The number of nitrogens with zero attached hydrogens (tertiary/aromatic N) is 1. The summed E-state index contributed by atoms with van der Waals surface area (Å²) >= 11 is 0. The summed E-state index contributed by atoms with van der Waals surface area (Å²) in [6, 6.07) is 2.16. The first-order valence-corrected chi connectivity index (χ1v) is 6.96. The standard InChI is InChI=1S/C15H15F2NO3/c16-12-3-4-13(17)11-7-18(6-5-8(11)12)14(19)9-1-2-10(9)15(20)21/h3-4,9-10H,1-2,5-7H2,(H,20,21). The Hall–Kier alpha value is -1.98. The van der Waals surface area contributed by atoms with Gasteiger partial charge in [0.2, 0.25) is 5.91 Å². The summed E-state index contributed by atoms with van der Waals surface area (Å²) in [5, 5.41) is 9.01. The minimum atomic E-state index is -0.964. The quantitative estimate of drug-likeness (QED) is 0.907. The Morgan fingerprint density at radius 3 is 2.29 bits per heavy atom. The summed E-state index contributed by atoms with van der Waals surface area (Å²) in [4.78, 5) is 24.8. The summed E-state index contributed by atoms with van der Waals surface area (Å²) in [7, 11) is 0. The van der Waals surface area contributed by atoms with Gasteiger partial charge in [-0.25, -0.2) is 8.78 Å². The largest absolute Gasteiger partial charge is 0.481 e. The van der Waals surface area contributed by atoms with Gasteiger partial charge in [-0.15, -0.1) is 0 Å². The second-order valence-electron chi connectivity index (χ2n) is 5.62. The molecule has 1 aliphatic carbocycles. The van der Waals surface area contributed by atoms with E-state index in [1.54, 1.807) is 0 Å². The van der Waals surface area contributed by atoms with Crippen LogP contribution >= 0.6 is 0 Å². The van der Waals surface area contributed by atoms with Crippen LogP contribution in [0.4, 0.5) is 8.78 Å². The van der Waals surface area contributed by atoms with Crippen molar-refractivity contribution >= 4 is 11.9 Å². The fourth-order valence-electron chi connectivity index (χ4n) is 3.11. The van der Waals surface area contributed by atoms with Gasteiger partial charge in [0.25, 0.3) is 0 Å². The van der Waals surface area contributed by atoms with Gasteiger partial charge in [-0.05, 0) is 37.0 Å². The van der Waals surface area contributed by atoms with Crippen molar-refractivity contribution in [2.45, 2.75) is 25.8 Å². The molecule has 2 unspecified atom stereocenters. The first-order valence-electron chi connectivity index (χ1n) is 6.96. The van der Waals surface area contributed by atoms with Gasteiger partial charge in [-0.1, -0.05) is 0 Å². The van der Waals surface area contributed by atoms with Crippen LogP contribution in [0.2, 0.25) is 0 Å². The molecule has 1 saturated carbocycles. The van der Waals surface area contributed by atoms with Crippen molar-refractivity contribution in [3.8, 4) is 0 Å². The Bertz CT molecular complexity index is 617. The molecule has 4 nitrogen and oxygen atoms in total. The van der Waals surface area contributed by atoms with Crippen molar-refractivity contribution in [3.63, 3.8) is 0 Å². The molecule has 1 amide bonds. The molecular weight excluding hydrogens is 280 g/mol. The molecule has 1 aromatic rings. The number of hydrogen-bond acceptors (Lipinski definition) is 2. The number of hydrogen-bond donors (Lipinski definition) is 1. The van der Waals surface area contributed by atoms with Crippen LogP contribution in [-0.2, 0) is 22.6 Å². The van der Waals surface area contributed by atoms with Gasteiger partial charge in [0.15, 0.2) is 0 Å². The number of fused-ring (bicyclic) bond motifs is 1. The average molecular weight is 295 g/mol. The highest BCUT2D eigenvalue weighted by Gasteiger charge is 2.43. The van der Waals surface area contributed by atoms with E-state index in [2.05, 4.69) is 0 Å². The molecule has 0 aromatic heterocycles. The van der Waals surface area contributed by atoms with Crippen molar-refractivity contribution in [2.24, 2.45) is 11.8 Å². The molecule has 0 spiro atoms. The first kappa shape index (κ1) is 14.0. The Morgan fingerprint density at radius 1 is 1.10 bits per heavy atom. The van der Waals surface area contributed by atoms with E-state index in [0.717, 1.165) is 12.1 Å². The molecule has 0 saturated heterocycles. The Kier molecular flexibility index (Phi) is 3.39. The minimum absolute atomic E-state index is 0.0145. The van der Waals surface area contributed by atoms with Crippen LogP contribution in [-0.4, -0.2) is 28.4 Å². The van der Waals surface area contributed by atoms with Gasteiger partial charge < -0.3 is 10.0 Å². The highest BCUT2D eigenvalue weighted by Crippen LogP contribution is 2.37. The molecule has 1 heterocycles. The topological polar surface area (TPSA) is 57.6 Å². The van der Waals surface area contributed by atoms with Gasteiger partial charge in [-0.2, -0.15) is 0 Å². The van der Waals surface area contributed by atoms with E-state index in [1.807, 2.05) is 0 Å². The second-order valence-corrected chi connectivity index (χ2v) is 5.62. The summed E-state index contributed by atoms with van der Waals surface area (Å²) in [6.07, 6.45) is 1.30. The fourth-order valence-corrected chi connectivity index (χ4v) is 3.11. The van der Waals surface area contributed by atoms with E-state index in [0.29, 0.717) is 24.9 Å². The lowest BCUT2D eigenvalue weighted by atomic mass is 9.72. The summed E-state index contributed by atoms with van der Waals surface area (Å²) in [5.74, 6) is -3.37. The van der Waals surface area contributed by atoms with Crippen LogP contribution in [0, 0.1) is 23.5 Å². The van der Waals surface area contributed by atoms with E-state index in [-0.39, 0.29) is 24.4 Å². The number of benzene rings is 1. The van der Waals surface area contributed by atoms with Gasteiger partial charge in [-0.3, -0.25) is 9.59 Å². The minimum Gasteiger partial charge on any atom is -0.481 e. The van der Waals surface area contributed by atoms with Gasteiger partial charge in [0.1, 0.15) is 11.6 Å². The molecule has 1 aromatic carbocycles. The van der Waals surface area contributed by atoms with E-state index in [9.17, 15) is 18.4 Å². The molecule has 3 rings (SSSR count). The van der Waals surface area contributed by atoms with Gasteiger partial charge >= 0.3 is 5.97 Å². The molecule has 0 radical (unpaired) electrons. The maximum Gasteiger partial charge on any atom is 0.307 e. The molecule has 21 heavy (non-hydrogen) atoms. The Morgan fingerprint density at radius 2 is 1.71 bits per heavy atom. The first-order chi connectivity index (χ1) is 9.99. The zero-order valence-corrected chi connectivity index (χ0v) is 11.3. The highest BCUT2D eigenvalue weighted by molar-refractivity contribution is 5.86. The third-order valence-electron chi connectivity index (χ3n) is 4.52. The van der Waals surface area contributed by atoms with Gasteiger partial charge in [0, 0.05) is 18.7 Å². The smallest absolute Gasteiger partial charge is 0.307 e. The highest BCUT2D eigenvalue weighted by atomic mass is 19.1. The summed E-state index contributed by atoms with van der Waals surface area (Å²) < 4.78 is 27.4. The van der Waals surface area contributed by atoms with Crippen molar-refractivity contribution in [2.75, 3.05) is 6.54 Å². The van der Waals surface area contributed by atoms with Crippen molar-refractivity contribution in [1.29, 1.82) is 0 Å². The van der Waals surface area contributed by atoms with Crippen LogP contribution in [0.25, 0.3) is 0 Å². The van der Waals surface area contributed by atoms with Crippen molar-refractivity contribution < 1.29 is 23.5 Å². The molecular formula is C15H15F2NO3. The number of carboxylic acids is 1. The van der Waals surface area contributed by atoms with Crippen LogP contribution in [0.1, 0.15) is 24.0 Å². The van der Waals surface area contributed by atoms with Crippen molar-refractivity contribution in [3.05, 3.63) is 34.9 Å². The Labute approximate surface area is 120 Å². The van der Waals surface area contributed by atoms with E-state index in [1.165, 1.54) is 4.90 Å². The zero-order valence-electron chi connectivity index (χ0n) is 11.3.